The van der Waals surface area contributed by atoms with Gasteiger partial charge in [-0.3, -0.25) is 0 Å². The lowest BCUT2D eigenvalue weighted by Crippen LogP contribution is -2.39. The predicted molar refractivity (Wildman–Crippen MR) is 82.7 cm³/mol. The monoisotopic (exact) mass is 338 g/mol. The molecular formula is C15H22N4O3S. The van der Waals surface area contributed by atoms with E-state index >= 15 is 0 Å². The Labute approximate surface area is 136 Å². The SMILES string of the molecule is O=C(N1CCCCC1)n1cnc(S(=O)(=O)[C@@H]2C[C@@H]3CC[C@@H]2C3)n1. The van der Waals surface area contributed by atoms with Gasteiger partial charge in [0.15, 0.2) is 0 Å². The number of piperidine rings is 1. The molecule has 0 aromatic carbocycles. The van der Waals surface area contributed by atoms with Crippen LogP contribution >= 0.6 is 0 Å². The van der Waals surface area contributed by atoms with Crippen molar-refractivity contribution in [2.24, 2.45) is 11.8 Å². The van der Waals surface area contributed by atoms with Gasteiger partial charge in [-0.1, -0.05) is 6.42 Å². The fourth-order valence-electron chi connectivity index (χ4n) is 4.40. The molecule has 2 bridgehead atoms. The molecular weight excluding hydrogens is 316 g/mol. The highest BCUT2D eigenvalue weighted by Crippen LogP contribution is 2.48. The fourth-order valence-corrected chi connectivity index (χ4v) is 6.35. The maximum Gasteiger partial charge on any atom is 0.346 e. The molecule has 0 unspecified atom stereocenters. The summed E-state index contributed by atoms with van der Waals surface area (Å²) in [5.41, 5.74) is 0. The number of nitrogens with zero attached hydrogens (tertiary/aromatic N) is 4. The summed E-state index contributed by atoms with van der Waals surface area (Å²) in [6.07, 6.45) is 8.21. The molecule has 7 nitrogen and oxygen atoms in total. The van der Waals surface area contributed by atoms with Crippen LogP contribution in [0.5, 0.6) is 0 Å². The number of likely N-dealkylation sites (tertiary alicyclic amines) is 1. The normalized spacial score (nSPS) is 30.8. The topological polar surface area (TPSA) is 85.2 Å². The number of sulfone groups is 1. The van der Waals surface area contributed by atoms with Crippen LogP contribution in [0.3, 0.4) is 0 Å². The summed E-state index contributed by atoms with van der Waals surface area (Å²) in [6, 6.07) is -0.272. The molecule has 2 saturated carbocycles. The number of hydrogen-bond donors (Lipinski definition) is 0. The van der Waals surface area contributed by atoms with Crippen molar-refractivity contribution in [1.82, 2.24) is 19.7 Å². The number of hydrogen-bond acceptors (Lipinski definition) is 5. The maximum atomic E-state index is 12.8. The average molecular weight is 338 g/mol. The van der Waals surface area contributed by atoms with Gasteiger partial charge < -0.3 is 4.90 Å². The summed E-state index contributed by atoms with van der Waals surface area (Å²) < 4.78 is 26.6. The molecule has 4 rings (SSSR count). The molecule has 2 heterocycles. The summed E-state index contributed by atoms with van der Waals surface area (Å²) >= 11 is 0. The Bertz CT molecular complexity index is 708. The van der Waals surface area contributed by atoms with Crippen molar-refractivity contribution < 1.29 is 13.2 Å². The predicted octanol–water partition coefficient (Wildman–Crippen LogP) is 1.69. The summed E-state index contributed by atoms with van der Waals surface area (Å²) in [4.78, 5) is 18.0. The Morgan fingerprint density at radius 3 is 2.57 bits per heavy atom. The van der Waals surface area contributed by atoms with Gasteiger partial charge in [-0.2, -0.15) is 4.68 Å². The molecule has 1 aromatic rings. The van der Waals surface area contributed by atoms with E-state index in [4.69, 9.17) is 0 Å². The highest BCUT2D eigenvalue weighted by atomic mass is 32.2. The number of carbonyl (C=O) groups excluding carboxylic acids is 1. The first kappa shape index (κ1) is 15.1. The van der Waals surface area contributed by atoms with E-state index in [-0.39, 0.29) is 22.4 Å². The smallest absolute Gasteiger partial charge is 0.323 e. The number of carbonyl (C=O) groups is 1. The first-order chi connectivity index (χ1) is 11.1. The van der Waals surface area contributed by atoms with Crippen LogP contribution in [0.4, 0.5) is 4.79 Å². The zero-order valence-electron chi connectivity index (χ0n) is 13.1. The molecule has 0 radical (unpaired) electrons. The first-order valence-corrected chi connectivity index (χ1v) is 10.0. The van der Waals surface area contributed by atoms with Gasteiger partial charge in [0.25, 0.3) is 5.16 Å². The Balaban J connectivity index is 1.54. The fraction of sp³-hybridized carbons (Fsp3) is 0.800. The summed E-state index contributed by atoms with van der Waals surface area (Å²) in [5, 5.41) is 3.47. The minimum atomic E-state index is -3.53. The van der Waals surface area contributed by atoms with Gasteiger partial charge in [0, 0.05) is 13.1 Å². The van der Waals surface area contributed by atoms with Crippen LogP contribution in [0.1, 0.15) is 44.9 Å². The molecule has 3 fully saturated rings. The van der Waals surface area contributed by atoms with Gasteiger partial charge in [0.2, 0.25) is 9.84 Å². The van der Waals surface area contributed by atoms with Crippen LogP contribution < -0.4 is 0 Å². The zero-order chi connectivity index (χ0) is 16.0. The second kappa shape index (κ2) is 5.58. The molecule has 0 spiro atoms. The molecule has 1 amide bonds. The lowest BCUT2D eigenvalue weighted by atomic mass is 10.0. The van der Waals surface area contributed by atoms with Crippen molar-refractivity contribution in [3.63, 3.8) is 0 Å². The van der Waals surface area contributed by atoms with E-state index in [0.29, 0.717) is 19.0 Å². The van der Waals surface area contributed by atoms with Gasteiger partial charge >= 0.3 is 6.03 Å². The molecule has 126 valence electrons. The van der Waals surface area contributed by atoms with E-state index in [1.165, 1.54) is 6.33 Å². The van der Waals surface area contributed by atoms with Crippen LogP contribution in [0, 0.1) is 11.8 Å². The lowest BCUT2D eigenvalue weighted by molar-refractivity contribution is 0.184. The lowest BCUT2D eigenvalue weighted by Gasteiger charge is -2.25. The van der Waals surface area contributed by atoms with Gasteiger partial charge in [-0.05, 0) is 50.4 Å². The number of aromatic nitrogens is 3. The summed E-state index contributed by atoms with van der Waals surface area (Å²) in [5.74, 6) is 0.784. The van der Waals surface area contributed by atoms with Crippen molar-refractivity contribution in [2.45, 2.75) is 55.4 Å². The van der Waals surface area contributed by atoms with Crippen LogP contribution in [-0.4, -0.2) is 52.5 Å². The summed E-state index contributed by atoms with van der Waals surface area (Å²) in [6.45, 7) is 1.40. The van der Waals surface area contributed by atoms with Crippen molar-refractivity contribution in [3.05, 3.63) is 6.33 Å². The maximum absolute atomic E-state index is 12.8. The molecule has 2 aliphatic carbocycles. The van der Waals surface area contributed by atoms with Crippen LogP contribution in [0.15, 0.2) is 11.5 Å². The number of amides is 1. The minimum Gasteiger partial charge on any atom is -0.323 e. The second-order valence-corrected chi connectivity index (χ2v) is 9.12. The quantitative estimate of drug-likeness (QED) is 0.819. The van der Waals surface area contributed by atoms with Gasteiger partial charge in [0.1, 0.15) is 6.33 Å². The Morgan fingerprint density at radius 1 is 1.13 bits per heavy atom. The van der Waals surface area contributed by atoms with E-state index in [1.807, 2.05) is 0 Å². The highest BCUT2D eigenvalue weighted by Gasteiger charge is 2.47. The van der Waals surface area contributed by atoms with Crippen LogP contribution in [-0.2, 0) is 9.84 Å². The van der Waals surface area contributed by atoms with Crippen LogP contribution in [0.2, 0.25) is 0 Å². The summed E-state index contributed by atoms with van der Waals surface area (Å²) in [7, 11) is -3.53. The molecule has 8 heteroatoms. The third kappa shape index (κ3) is 2.56. The Kier molecular flexibility index (Phi) is 3.66. The van der Waals surface area contributed by atoms with E-state index < -0.39 is 9.84 Å². The molecule has 1 aliphatic heterocycles. The highest BCUT2D eigenvalue weighted by molar-refractivity contribution is 7.91. The third-order valence-corrected chi connectivity index (χ3v) is 7.69. The molecule has 1 saturated heterocycles. The van der Waals surface area contributed by atoms with Crippen LogP contribution in [0.25, 0.3) is 0 Å². The van der Waals surface area contributed by atoms with E-state index in [9.17, 15) is 13.2 Å². The molecule has 23 heavy (non-hydrogen) atoms. The Morgan fingerprint density at radius 2 is 1.91 bits per heavy atom. The third-order valence-electron chi connectivity index (χ3n) is 5.62. The van der Waals surface area contributed by atoms with Gasteiger partial charge in [-0.25, -0.2) is 18.2 Å². The van der Waals surface area contributed by atoms with E-state index in [1.54, 1.807) is 4.90 Å². The van der Waals surface area contributed by atoms with Crippen molar-refractivity contribution in [3.8, 4) is 0 Å². The number of fused-ring (bicyclic) bond motifs is 2. The second-order valence-electron chi connectivity index (χ2n) is 7.06. The van der Waals surface area contributed by atoms with Gasteiger partial charge in [0.05, 0.1) is 5.25 Å². The van der Waals surface area contributed by atoms with Crippen molar-refractivity contribution in [1.29, 1.82) is 0 Å². The average Bonchev–Trinajstić information content (AvgIpc) is 3.31. The molecule has 0 N–H and O–H groups in total. The molecule has 3 atom stereocenters. The minimum absolute atomic E-state index is 0.180. The standard InChI is InChI=1S/C15H22N4O3S/c20-15(18-6-2-1-3-7-18)19-10-16-14(17-19)23(21,22)13-9-11-4-5-12(13)8-11/h10-13H,1-9H2/t11-,12-,13-/m1/s1. The van der Waals surface area contributed by atoms with Crippen molar-refractivity contribution >= 4 is 15.9 Å². The van der Waals surface area contributed by atoms with Crippen molar-refractivity contribution in [2.75, 3.05) is 13.1 Å². The van der Waals surface area contributed by atoms with E-state index in [2.05, 4.69) is 10.1 Å². The largest absolute Gasteiger partial charge is 0.346 e. The number of rotatable bonds is 2. The van der Waals surface area contributed by atoms with E-state index in [0.717, 1.165) is 49.6 Å². The first-order valence-electron chi connectivity index (χ1n) is 8.50. The molecule has 1 aromatic heterocycles. The Hall–Kier alpha value is -1.44. The molecule has 3 aliphatic rings. The van der Waals surface area contributed by atoms with Gasteiger partial charge in [-0.15, -0.1) is 5.10 Å². The zero-order valence-corrected chi connectivity index (χ0v) is 13.9.